The molecule has 1 aromatic rings. The summed E-state index contributed by atoms with van der Waals surface area (Å²) in [4.78, 5) is 2.43. The Morgan fingerprint density at radius 3 is 2.50 bits per heavy atom. The SMILES string of the molecule is COc1ccc(CCN(C)C2CNC2)cc1. The van der Waals surface area contributed by atoms with Crippen LogP contribution in [0.5, 0.6) is 5.75 Å². The highest BCUT2D eigenvalue weighted by molar-refractivity contribution is 5.27. The second-order valence-corrected chi connectivity index (χ2v) is 4.39. The van der Waals surface area contributed by atoms with Crippen LogP contribution in [-0.4, -0.2) is 44.7 Å². The van der Waals surface area contributed by atoms with E-state index in [1.807, 2.05) is 12.1 Å². The van der Waals surface area contributed by atoms with E-state index < -0.39 is 0 Å². The molecule has 1 saturated heterocycles. The van der Waals surface area contributed by atoms with Gasteiger partial charge in [-0.1, -0.05) is 12.1 Å². The minimum Gasteiger partial charge on any atom is -0.497 e. The van der Waals surface area contributed by atoms with E-state index in [0.717, 1.165) is 37.8 Å². The molecule has 3 heteroatoms. The summed E-state index contributed by atoms with van der Waals surface area (Å²) in [6, 6.07) is 9.08. The van der Waals surface area contributed by atoms with Gasteiger partial charge in [-0.25, -0.2) is 0 Å². The Morgan fingerprint density at radius 1 is 1.31 bits per heavy atom. The van der Waals surface area contributed by atoms with Gasteiger partial charge in [-0.05, 0) is 31.2 Å². The van der Waals surface area contributed by atoms with Crippen molar-refractivity contribution in [1.82, 2.24) is 10.2 Å². The summed E-state index contributed by atoms with van der Waals surface area (Å²) < 4.78 is 5.14. The van der Waals surface area contributed by atoms with E-state index in [4.69, 9.17) is 4.74 Å². The first-order valence-corrected chi connectivity index (χ1v) is 5.83. The zero-order valence-electron chi connectivity index (χ0n) is 10.1. The van der Waals surface area contributed by atoms with E-state index in [1.165, 1.54) is 5.56 Å². The van der Waals surface area contributed by atoms with Crippen molar-refractivity contribution in [2.45, 2.75) is 12.5 Å². The number of rotatable bonds is 5. The fraction of sp³-hybridized carbons (Fsp3) is 0.538. The second kappa shape index (κ2) is 5.32. The van der Waals surface area contributed by atoms with Crippen molar-refractivity contribution >= 4 is 0 Å². The number of likely N-dealkylation sites (N-methyl/N-ethyl adjacent to an activating group) is 1. The molecule has 0 aliphatic carbocycles. The summed E-state index contributed by atoms with van der Waals surface area (Å²) in [5.41, 5.74) is 1.37. The standard InChI is InChI=1S/C13H20N2O/c1-15(12-9-14-10-12)8-7-11-3-5-13(16-2)6-4-11/h3-6,12,14H,7-10H2,1-2H3. The van der Waals surface area contributed by atoms with Crippen LogP contribution in [0.2, 0.25) is 0 Å². The van der Waals surface area contributed by atoms with Gasteiger partial charge in [-0.2, -0.15) is 0 Å². The van der Waals surface area contributed by atoms with Gasteiger partial charge in [0.2, 0.25) is 0 Å². The molecule has 0 bridgehead atoms. The lowest BCUT2D eigenvalue weighted by atomic mass is 10.1. The first-order chi connectivity index (χ1) is 7.79. The number of benzene rings is 1. The van der Waals surface area contributed by atoms with Crippen molar-refractivity contribution in [1.29, 1.82) is 0 Å². The summed E-state index contributed by atoms with van der Waals surface area (Å²) in [5, 5.41) is 3.30. The summed E-state index contributed by atoms with van der Waals surface area (Å²) in [7, 11) is 3.90. The third kappa shape index (κ3) is 2.74. The Labute approximate surface area is 97.4 Å². The molecule has 2 rings (SSSR count). The molecule has 0 aromatic heterocycles. The molecule has 0 spiro atoms. The van der Waals surface area contributed by atoms with Gasteiger partial charge >= 0.3 is 0 Å². The largest absolute Gasteiger partial charge is 0.497 e. The first kappa shape index (κ1) is 11.4. The average Bonchev–Trinajstić information content (AvgIpc) is 2.25. The predicted octanol–water partition coefficient (Wildman–Crippen LogP) is 1.14. The van der Waals surface area contributed by atoms with Crippen LogP contribution in [0, 0.1) is 0 Å². The highest BCUT2D eigenvalue weighted by Crippen LogP contribution is 2.12. The number of nitrogens with zero attached hydrogens (tertiary/aromatic N) is 1. The highest BCUT2D eigenvalue weighted by Gasteiger charge is 2.20. The maximum absolute atomic E-state index is 5.14. The van der Waals surface area contributed by atoms with Crippen LogP contribution in [0.3, 0.4) is 0 Å². The molecule has 0 saturated carbocycles. The lowest BCUT2D eigenvalue weighted by Gasteiger charge is -2.35. The fourth-order valence-electron chi connectivity index (χ4n) is 1.87. The van der Waals surface area contributed by atoms with Crippen molar-refractivity contribution < 1.29 is 4.74 Å². The van der Waals surface area contributed by atoms with Gasteiger partial charge in [-0.15, -0.1) is 0 Å². The van der Waals surface area contributed by atoms with Crippen molar-refractivity contribution in [3.63, 3.8) is 0 Å². The van der Waals surface area contributed by atoms with Crippen molar-refractivity contribution in [3.05, 3.63) is 29.8 Å². The molecule has 1 fully saturated rings. The van der Waals surface area contributed by atoms with Gasteiger partial charge in [0, 0.05) is 25.7 Å². The topological polar surface area (TPSA) is 24.5 Å². The predicted molar refractivity (Wildman–Crippen MR) is 66.0 cm³/mol. The van der Waals surface area contributed by atoms with Gasteiger partial charge in [0.05, 0.1) is 7.11 Å². The van der Waals surface area contributed by atoms with E-state index in [9.17, 15) is 0 Å². The zero-order valence-corrected chi connectivity index (χ0v) is 10.1. The number of hydrogen-bond acceptors (Lipinski definition) is 3. The van der Waals surface area contributed by atoms with Crippen LogP contribution in [0.1, 0.15) is 5.56 Å². The van der Waals surface area contributed by atoms with Crippen LogP contribution in [0.4, 0.5) is 0 Å². The Balaban J connectivity index is 1.79. The summed E-state index contributed by atoms with van der Waals surface area (Å²) in [5.74, 6) is 0.931. The van der Waals surface area contributed by atoms with Crippen LogP contribution < -0.4 is 10.1 Å². The van der Waals surface area contributed by atoms with Crippen LogP contribution >= 0.6 is 0 Å². The van der Waals surface area contributed by atoms with E-state index in [2.05, 4.69) is 29.4 Å². The molecule has 0 unspecified atom stereocenters. The second-order valence-electron chi connectivity index (χ2n) is 4.39. The van der Waals surface area contributed by atoms with Gasteiger partial charge in [0.25, 0.3) is 0 Å². The molecule has 1 aliphatic rings. The van der Waals surface area contributed by atoms with Gasteiger partial charge < -0.3 is 15.0 Å². The van der Waals surface area contributed by atoms with E-state index in [0.29, 0.717) is 0 Å². The van der Waals surface area contributed by atoms with Crippen LogP contribution in [0.25, 0.3) is 0 Å². The Bertz CT molecular complexity index is 319. The van der Waals surface area contributed by atoms with Crippen molar-refractivity contribution in [2.75, 3.05) is 33.8 Å². The van der Waals surface area contributed by atoms with Gasteiger partial charge in [0.1, 0.15) is 5.75 Å². The zero-order chi connectivity index (χ0) is 11.4. The van der Waals surface area contributed by atoms with Crippen LogP contribution in [-0.2, 0) is 6.42 Å². The van der Waals surface area contributed by atoms with Crippen molar-refractivity contribution in [3.8, 4) is 5.75 Å². The Hall–Kier alpha value is -1.06. The minimum atomic E-state index is 0.734. The van der Waals surface area contributed by atoms with Crippen molar-refractivity contribution in [2.24, 2.45) is 0 Å². The third-order valence-electron chi connectivity index (χ3n) is 3.30. The molecule has 3 nitrogen and oxygen atoms in total. The third-order valence-corrected chi connectivity index (χ3v) is 3.30. The maximum Gasteiger partial charge on any atom is 0.118 e. The number of nitrogens with one attached hydrogen (secondary N) is 1. The quantitative estimate of drug-likeness (QED) is 0.805. The lowest BCUT2D eigenvalue weighted by molar-refractivity contribution is 0.182. The van der Waals surface area contributed by atoms with E-state index in [-0.39, 0.29) is 0 Å². The molecule has 1 heterocycles. The van der Waals surface area contributed by atoms with Gasteiger partial charge in [0.15, 0.2) is 0 Å². The van der Waals surface area contributed by atoms with E-state index >= 15 is 0 Å². The molecule has 0 amide bonds. The first-order valence-electron chi connectivity index (χ1n) is 5.83. The molecule has 1 aromatic carbocycles. The fourth-order valence-corrected chi connectivity index (χ4v) is 1.87. The Kier molecular flexibility index (Phi) is 3.80. The summed E-state index contributed by atoms with van der Waals surface area (Å²) >= 11 is 0. The number of methoxy groups -OCH3 is 1. The molecule has 1 N–H and O–H groups in total. The van der Waals surface area contributed by atoms with Crippen LogP contribution in [0.15, 0.2) is 24.3 Å². The molecular weight excluding hydrogens is 200 g/mol. The number of ether oxygens (including phenoxy) is 1. The lowest BCUT2D eigenvalue weighted by Crippen LogP contribution is -2.56. The molecule has 16 heavy (non-hydrogen) atoms. The molecule has 0 atom stereocenters. The van der Waals surface area contributed by atoms with E-state index in [1.54, 1.807) is 7.11 Å². The number of hydrogen-bond donors (Lipinski definition) is 1. The summed E-state index contributed by atoms with van der Waals surface area (Å²) in [6.45, 7) is 3.40. The average molecular weight is 220 g/mol. The monoisotopic (exact) mass is 220 g/mol. The smallest absolute Gasteiger partial charge is 0.118 e. The molecular formula is C13H20N2O. The minimum absolute atomic E-state index is 0.734. The van der Waals surface area contributed by atoms with Gasteiger partial charge in [-0.3, -0.25) is 0 Å². The maximum atomic E-state index is 5.14. The highest BCUT2D eigenvalue weighted by atomic mass is 16.5. The molecule has 1 aliphatic heterocycles. The summed E-state index contributed by atoms with van der Waals surface area (Å²) in [6.07, 6.45) is 1.11. The normalized spacial score (nSPS) is 16.2. The molecule has 88 valence electrons. The molecule has 0 radical (unpaired) electrons. The Morgan fingerprint density at radius 2 is 2.00 bits per heavy atom.